The van der Waals surface area contributed by atoms with Crippen LogP contribution in [0.2, 0.25) is 0 Å². The maximum atomic E-state index is 14.7. The molecule has 0 heterocycles. The quantitative estimate of drug-likeness (QED) is 0.0475. The first kappa shape index (κ1) is 54.5. The number of hydrogen-bond acceptors (Lipinski definition) is 9. The second-order valence-corrected chi connectivity index (χ2v) is 22.9. The molecule has 72 heavy (non-hydrogen) atoms. The van der Waals surface area contributed by atoms with Crippen molar-refractivity contribution in [2.24, 2.45) is 46.2 Å². The summed E-state index contributed by atoms with van der Waals surface area (Å²) in [6, 6.07) is 8.86. The molecule has 0 radical (unpaired) electrons. The molecule has 5 aliphatic carbocycles. The molecule has 2 aromatic carbocycles. The fraction of sp³-hybridized carbons (Fsp3) is 0.655. The Hall–Kier alpha value is -5.26. The molecule has 8 N–H and O–H groups in total. The molecule has 6 amide bonds. The Balaban J connectivity index is 0.903. The number of imide groups is 1. The molecule has 392 valence electrons. The predicted octanol–water partition coefficient (Wildman–Crippen LogP) is 7.45. The highest BCUT2D eigenvalue weighted by Gasteiger charge is 2.55. The van der Waals surface area contributed by atoms with Crippen molar-refractivity contribution < 1.29 is 38.6 Å². The van der Waals surface area contributed by atoms with E-state index in [1.807, 2.05) is 58.0 Å². The lowest BCUT2D eigenvalue weighted by Crippen LogP contribution is -2.57. The minimum absolute atomic E-state index is 0.0204. The van der Waals surface area contributed by atoms with E-state index in [1.54, 1.807) is 13.0 Å². The number of unbranched alkanes of at least 4 members (excludes halogenated alkanes) is 1. The monoisotopic (exact) mass is 991 g/mol. The molecule has 0 spiro atoms. The van der Waals surface area contributed by atoms with Crippen LogP contribution in [0.4, 0.5) is 5.69 Å². The summed E-state index contributed by atoms with van der Waals surface area (Å²) in [4.78, 5) is 82.0. The van der Waals surface area contributed by atoms with Gasteiger partial charge in [-0.15, -0.1) is 5.92 Å². The van der Waals surface area contributed by atoms with E-state index in [-0.39, 0.29) is 71.7 Å². The van der Waals surface area contributed by atoms with Gasteiger partial charge in [0.05, 0.1) is 16.9 Å². The van der Waals surface area contributed by atoms with E-state index >= 15 is 0 Å². The van der Waals surface area contributed by atoms with Crippen LogP contribution in [0.3, 0.4) is 0 Å². The molecule has 7 rings (SSSR count). The summed E-state index contributed by atoms with van der Waals surface area (Å²) in [5, 5.41) is 24.9. The maximum Gasteiger partial charge on any atom is 0.246 e. The molecule has 0 aromatic heterocycles. The van der Waals surface area contributed by atoms with E-state index in [1.165, 1.54) is 11.1 Å². The van der Waals surface area contributed by atoms with E-state index in [4.69, 9.17) is 10.5 Å². The minimum Gasteiger partial charge on any atom is -0.508 e. The van der Waals surface area contributed by atoms with E-state index in [0.29, 0.717) is 50.3 Å². The standard InChI is InChI=1S/C58H82N6O8/c1-34(2)51(63-53(68)47(59)17-13-14-30-60-48(66)33-72-42-15-11-9-8-10-12-16-42)54(69)61-37(5)52(67)62-40-22-18-38-20-24-45-49(43(38)31-40)35(3)26-28-57(45,6)55(70)64-56(71)58(7)29-27-36(4)50-44-32-41(65)23-19-39(44)21-25-46(50)58/h18-19,22-23,31-32,34-37,42,45-47,49-51,65H,8-11,13-15,17,20-21,24-30,33,59H2,1-7H3,(H,60,66)(H,61,69)(H,62,67)(H,63,68)(H,64,70,71)/t35-,36-,37-,42?,45+,46+,47+,49+,50+,51-,57-,58-/m0/s1. The highest BCUT2D eigenvalue weighted by atomic mass is 16.5. The zero-order chi connectivity index (χ0) is 51.9. The molecule has 2 fully saturated rings. The number of amides is 6. The second kappa shape index (κ2) is 23.7. The van der Waals surface area contributed by atoms with E-state index in [0.717, 1.165) is 81.8 Å². The number of fused-ring (bicyclic) bond motifs is 6. The first-order valence-electron chi connectivity index (χ1n) is 27.1. The smallest absolute Gasteiger partial charge is 0.246 e. The summed E-state index contributed by atoms with van der Waals surface area (Å²) >= 11 is 0. The third-order valence-electron chi connectivity index (χ3n) is 17.5. The van der Waals surface area contributed by atoms with Crippen molar-refractivity contribution in [2.75, 3.05) is 18.5 Å². The Morgan fingerprint density at radius 1 is 0.764 bits per heavy atom. The topological polar surface area (TPSA) is 218 Å². The van der Waals surface area contributed by atoms with Gasteiger partial charge in [-0.2, -0.15) is 0 Å². The van der Waals surface area contributed by atoms with Crippen molar-refractivity contribution in [3.8, 4) is 17.6 Å². The summed E-state index contributed by atoms with van der Waals surface area (Å²) in [6.07, 6.45) is 12.6. The van der Waals surface area contributed by atoms with Gasteiger partial charge < -0.3 is 36.8 Å². The van der Waals surface area contributed by atoms with Gasteiger partial charge in [-0.3, -0.25) is 34.1 Å². The van der Waals surface area contributed by atoms with Crippen molar-refractivity contribution in [3.63, 3.8) is 0 Å². The summed E-state index contributed by atoms with van der Waals surface area (Å²) in [5.74, 6) is 4.99. The van der Waals surface area contributed by atoms with Crippen LogP contribution in [0.25, 0.3) is 0 Å². The van der Waals surface area contributed by atoms with E-state index in [9.17, 15) is 33.9 Å². The summed E-state index contributed by atoms with van der Waals surface area (Å²) in [6.45, 7) is 14.1. The second-order valence-electron chi connectivity index (χ2n) is 22.9. The fourth-order valence-corrected chi connectivity index (χ4v) is 12.9. The van der Waals surface area contributed by atoms with Crippen LogP contribution in [-0.2, 0) is 46.3 Å². The van der Waals surface area contributed by atoms with Crippen LogP contribution < -0.4 is 32.3 Å². The molecule has 0 aliphatic heterocycles. The fourth-order valence-electron chi connectivity index (χ4n) is 12.9. The van der Waals surface area contributed by atoms with Gasteiger partial charge in [0, 0.05) is 18.7 Å². The lowest BCUT2D eigenvalue weighted by molar-refractivity contribution is -0.149. The zero-order valence-electron chi connectivity index (χ0n) is 43.9. The number of ether oxygens (including phenoxy) is 1. The van der Waals surface area contributed by atoms with E-state index < -0.39 is 46.7 Å². The van der Waals surface area contributed by atoms with Crippen molar-refractivity contribution in [1.82, 2.24) is 21.3 Å². The van der Waals surface area contributed by atoms with Crippen LogP contribution in [0.5, 0.6) is 5.75 Å². The highest BCUT2D eigenvalue weighted by Crippen LogP contribution is 2.58. The Kier molecular flexibility index (Phi) is 18.0. The van der Waals surface area contributed by atoms with Gasteiger partial charge in [0.15, 0.2) is 0 Å². The lowest BCUT2D eigenvalue weighted by Gasteiger charge is -2.52. The number of carbonyl (C=O) groups excluding carboxylic acids is 6. The average molecular weight is 991 g/mol. The van der Waals surface area contributed by atoms with Crippen molar-refractivity contribution in [3.05, 3.63) is 58.7 Å². The van der Waals surface area contributed by atoms with Gasteiger partial charge in [0.1, 0.15) is 30.5 Å². The number of carbonyl (C=O) groups is 6. The number of aromatic hydroxyl groups is 1. The van der Waals surface area contributed by atoms with Gasteiger partial charge in [0.2, 0.25) is 35.4 Å². The molecule has 0 bridgehead atoms. The molecule has 0 saturated heterocycles. The Morgan fingerprint density at radius 3 is 2.03 bits per heavy atom. The molecule has 1 unspecified atom stereocenters. The number of benzene rings is 2. The zero-order valence-corrected chi connectivity index (χ0v) is 43.9. The van der Waals surface area contributed by atoms with Gasteiger partial charge >= 0.3 is 0 Å². The molecule has 2 saturated carbocycles. The van der Waals surface area contributed by atoms with Crippen LogP contribution in [0.15, 0.2) is 36.4 Å². The molecule has 14 heteroatoms. The van der Waals surface area contributed by atoms with Crippen LogP contribution in [-0.4, -0.2) is 77.9 Å². The van der Waals surface area contributed by atoms with Crippen LogP contribution in [0, 0.1) is 52.3 Å². The summed E-state index contributed by atoms with van der Waals surface area (Å²) in [7, 11) is 0. The number of nitrogens with one attached hydrogen (secondary N) is 5. The average Bonchev–Trinajstić information content (AvgIpc) is 3.34. The summed E-state index contributed by atoms with van der Waals surface area (Å²) < 4.78 is 5.70. The molecular weight excluding hydrogens is 909 g/mol. The number of phenols is 1. The van der Waals surface area contributed by atoms with Crippen molar-refractivity contribution >= 4 is 41.1 Å². The van der Waals surface area contributed by atoms with Crippen LogP contribution in [0.1, 0.15) is 172 Å². The predicted molar refractivity (Wildman–Crippen MR) is 278 cm³/mol. The third-order valence-corrected chi connectivity index (χ3v) is 17.5. The molecule has 12 atom stereocenters. The first-order chi connectivity index (χ1) is 34.3. The van der Waals surface area contributed by atoms with Gasteiger partial charge in [-0.1, -0.05) is 66.0 Å². The molecule has 2 aromatic rings. The van der Waals surface area contributed by atoms with Gasteiger partial charge in [-0.25, -0.2) is 0 Å². The number of rotatable bonds is 17. The SMILES string of the molecule is CC(C)[C@H](NC(=O)[C@H](N)CCCCNC(=O)COC1C#CCCCCC1)C(=O)N[C@@H](C)C(=O)Nc1ccc2c(c1)[C@@H]1[C@@H](CC2)[C@@](C)(C(=O)NC(=O)[C@@]2(C)CC[C@H](C)[C@@H]3c4cc(O)ccc4CC[C@H]32)CC[C@@H]1C. The van der Waals surface area contributed by atoms with E-state index in [2.05, 4.69) is 52.3 Å². The number of anilines is 1. The molecule has 5 aliphatic rings. The Labute approximate surface area is 427 Å². The number of nitrogens with two attached hydrogens (primary N) is 1. The number of hydrogen-bond donors (Lipinski definition) is 7. The van der Waals surface area contributed by atoms with Crippen molar-refractivity contribution in [1.29, 1.82) is 0 Å². The van der Waals surface area contributed by atoms with Crippen LogP contribution >= 0.6 is 0 Å². The minimum atomic E-state index is -0.934. The van der Waals surface area contributed by atoms with Gasteiger partial charge in [-0.05, 0) is 185 Å². The molecular formula is C58H82N6O8. The van der Waals surface area contributed by atoms with Gasteiger partial charge in [0.25, 0.3) is 0 Å². The Morgan fingerprint density at radius 2 is 1.39 bits per heavy atom. The third kappa shape index (κ3) is 12.4. The summed E-state index contributed by atoms with van der Waals surface area (Å²) in [5.41, 5.74) is 9.98. The van der Waals surface area contributed by atoms with Crippen molar-refractivity contribution in [2.45, 2.75) is 187 Å². The maximum absolute atomic E-state index is 14.7. The largest absolute Gasteiger partial charge is 0.508 e. The number of aryl methyl sites for hydroxylation is 2. The first-order valence-corrected chi connectivity index (χ1v) is 27.1. The molecule has 14 nitrogen and oxygen atoms in total. The number of phenolic OH excluding ortho intramolecular Hbond substituents is 1. The Bertz CT molecular complexity index is 2390. The lowest BCUT2D eigenvalue weighted by atomic mass is 9.52. The normalized spacial score (nSPS) is 28.8. The highest BCUT2D eigenvalue weighted by molar-refractivity contribution is 6.01.